The summed E-state index contributed by atoms with van der Waals surface area (Å²) in [5.74, 6) is 1.19. The van der Waals surface area contributed by atoms with E-state index in [-0.39, 0.29) is 0 Å². The predicted molar refractivity (Wildman–Crippen MR) is 71.0 cm³/mol. The molecule has 2 rings (SSSR count). The standard InChI is InChI=1S/C14H20OS/c1-11-5-3-6-13(9-11)10-14(15)7-4-8-16-12(14)2/h3,5-6,9,12,15H,4,7-8,10H2,1-2H3. The molecule has 0 saturated carbocycles. The van der Waals surface area contributed by atoms with Crippen LogP contribution >= 0.6 is 11.8 Å². The highest BCUT2D eigenvalue weighted by atomic mass is 32.2. The molecule has 1 saturated heterocycles. The molecule has 88 valence electrons. The van der Waals surface area contributed by atoms with Gasteiger partial charge in [0.2, 0.25) is 0 Å². The minimum absolute atomic E-state index is 0.349. The van der Waals surface area contributed by atoms with Crippen molar-refractivity contribution in [3.63, 3.8) is 0 Å². The van der Waals surface area contributed by atoms with Crippen LogP contribution in [0.3, 0.4) is 0 Å². The first-order chi connectivity index (χ1) is 7.60. The molecule has 1 aromatic rings. The van der Waals surface area contributed by atoms with E-state index in [1.165, 1.54) is 16.9 Å². The summed E-state index contributed by atoms with van der Waals surface area (Å²) in [4.78, 5) is 0. The lowest BCUT2D eigenvalue weighted by Crippen LogP contribution is -2.43. The third-order valence-electron chi connectivity index (χ3n) is 3.47. The first-order valence-corrected chi connectivity index (χ1v) is 7.04. The highest BCUT2D eigenvalue weighted by Crippen LogP contribution is 2.36. The molecule has 2 heteroatoms. The van der Waals surface area contributed by atoms with Gasteiger partial charge in [-0.3, -0.25) is 0 Å². The molecule has 1 aromatic carbocycles. The van der Waals surface area contributed by atoms with E-state index in [9.17, 15) is 5.11 Å². The van der Waals surface area contributed by atoms with E-state index in [0.717, 1.165) is 19.3 Å². The van der Waals surface area contributed by atoms with Crippen molar-refractivity contribution in [3.8, 4) is 0 Å². The van der Waals surface area contributed by atoms with Crippen molar-refractivity contribution in [2.45, 2.75) is 44.0 Å². The molecule has 0 amide bonds. The molecule has 1 fully saturated rings. The van der Waals surface area contributed by atoms with E-state index in [4.69, 9.17) is 0 Å². The normalized spacial score (nSPS) is 30.3. The Bertz CT molecular complexity index is 364. The Morgan fingerprint density at radius 3 is 3.00 bits per heavy atom. The van der Waals surface area contributed by atoms with Gasteiger partial charge in [0.25, 0.3) is 0 Å². The number of aliphatic hydroxyl groups is 1. The number of rotatable bonds is 2. The van der Waals surface area contributed by atoms with Crippen LogP contribution in [0.25, 0.3) is 0 Å². The number of hydrogen-bond donors (Lipinski definition) is 1. The molecule has 1 aliphatic heterocycles. The molecule has 0 bridgehead atoms. The molecule has 1 nitrogen and oxygen atoms in total. The predicted octanol–water partition coefficient (Wildman–Crippen LogP) is 3.18. The summed E-state index contributed by atoms with van der Waals surface area (Å²) in [6.45, 7) is 4.26. The SMILES string of the molecule is Cc1cccc(CC2(O)CCCSC2C)c1. The van der Waals surface area contributed by atoms with Crippen LogP contribution in [0.1, 0.15) is 30.9 Å². The largest absolute Gasteiger partial charge is 0.388 e. The van der Waals surface area contributed by atoms with E-state index in [1.807, 2.05) is 11.8 Å². The van der Waals surface area contributed by atoms with E-state index < -0.39 is 5.60 Å². The minimum Gasteiger partial charge on any atom is -0.388 e. The summed E-state index contributed by atoms with van der Waals surface area (Å²) < 4.78 is 0. The molecule has 1 N–H and O–H groups in total. The molecule has 16 heavy (non-hydrogen) atoms. The van der Waals surface area contributed by atoms with Crippen LogP contribution in [0.15, 0.2) is 24.3 Å². The maximum Gasteiger partial charge on any atom is 0.0803 e. The lowest BCUT2D eigenvalue weighted by Gasteiger charge is -2.37. The molecule has 2 unspecified atom stereocenters. The first kappa shape index (κ1) is 12.0. The van der Waals surface area contributed by atoms with Gasteiger partial charge in [0.15, 0.2) is 0 Å². The monoisotopic (exact) mass is 236 g/mol. The van der Waals surface area contributed by atoms with Crippen molar-refractivity contribution < 1.29 is 5.11 Å². The quantitative estimate of drug-likeness (QED) is 0.851. The molecule has 0 spiro atoms. The maximum absolute atomic E-state index is 10.7. The van der Waals surface area contributed by atoms with Crippen LogP contribution in [-0.4, -0.2) is 21.7 Å². The van der Waals surface area contributed by atoms with Gasteiger partial charge in [0.05, 0.1) is 5.60 Å². The van der Waals surface area contributed by atoms with E-state index in [0.29, 0.717) is 5.25 Å². The van der Waals surface area contributed by atoms with Crippen LogP contribution in [0.5, 0.6) is 0 Å². The zero-order chi connectivity index (χ0) is 11.6. The summed E-state index contributed by atoms with van der Waals surface area (Å²) >= 11 is 1.90. The fraction of sp³-hybridized carbons (Fsp3) is 0.571. The molecular formula is C14H20OS. The second-order valence-corrected chi connectivity index (χ2v) is 6.33. The molecule has 1 aliphatic rings. The van der Waals surface area contributed by atoms with Crippen molar-refractivity contribution in [2.75, 3.05) is 5.75 Å². The molecular weight excluding hydrogens is 216 g/mol. The van der Waals surface area contributed by atoms with E-state index in [2.05, 4.69) is 38.1 Å². The third kappa shape index (κ3) is 2.61. The average Bonchev–Trinajstić information content (AvgIpc) is 2.23. The Morgan fingerprint density at radius 1 is 1.50 bits per heavy atom. The van der Waals surface area contributed by atoms with Gasteiger partial charge in [0, 0.05) is 11.7 Å². The van der Waals surface area contributed by atoms with E-state index in [1.54, 1.807) is 0 Å². The van der Waals surface area contributed by atoms with Gasteiger partial charge < -0.3 is 5.11 Å². The van der Waals surface area contributed by atoms with Gasteiger partial charge in [-0.05, 0) is 31.1 Å². The second-order valence-electron chi connectivity index (χ2n) is 4.89. The van der Waals surface area contributed by atoms with Crippen molar-refractivity contribution in [1.29, 1.82) is 0 Å². The molecule has 1 heterocycles. The smallest absolute Gasteiger partial charge is 0.0803 e. The Labute approximate surface area is 102 Å². The fourth-order valence-electron chi connectivity index (χ4n) is 2.40. The van der Waals surface area contributed by atoms with Gasteiger partial charge in [0.1, 0.15) is 0 Å². The van der Waals surface area contributed by atoms with Gasteiger partial charge >= 0.3 is 0 Å². The Balaban J connectivity index is 2.13. The maximum atomic E-state index is 10.7. The molecule has 0 aromatic heterocycles. The van der Waals surface area contributed by atoms with Crippen molar-refractivity contribution in [1.82, 2.24) is 0 Å². The number of aryl methyl sites for hydroxylation is 1. The van der Waals surface area contributed by atoms with Gasteiger partial charge in [-0.25, -0.2) is 0 Å². The van der Waals surface area contributed by atoms with Crippen LogP contribution in [0, 0.1) is 6.92 Å². The Hall–Kier alpha value is -0.470. The second kappa shape index (κ2) is 4.80. The molecule has 0 aliphatic carbocycles. The van der Waals surface area contributed by atoms with Gasteiger partial charge in [-0.1, -0.05) is 36.8 Å². The topological polar surface area (TPSA) is 20.2 Å². The summed E-state index contributed by atoms with van der Waals surface area (Å²) in [7, 11) is 0. The summed E-state index contributed by atoms with van der Waals surface area (Å²) in [6.07, 6.45) is 2.87. The minimum atomic E-state index is -0.503. The number of thioether (sulfide) groups is 1. The van der Waals surface area contributed by atoms with Crippen LogP contribution in [0.4, 0.5) is 0 Å². The van der Waals surface area contributed by atoms with E-state index >= 15 is 0 Å². The number of hydrogen-bond acceptors (Lipinski definition) is 2. The molecule has 0 radical (unpaired) electrons. The van der Waals surface area contributed by atoms with Crippen molar-refractivity contribution >= 4 is 11.8 Å². The number of benzene rings is 1. The summed E-state index contributed by atoms with van der Waals surface area (Å²) in [5.41, 5.74) is 2.03. The highest BCUT2D eigenvalue weighted by molar-refractivity contribution is 8.00. The van der Waals surface area contributed by atoms with Crippen molar-refractivity contribution in [2.24, 2.45) is 0 Å². The summed E-state index contributed by atoms with van der Waals surface area (Å²) in [6, 6.07) is 8.49. The lowest BCUT2D eigenvalue weighted by atomic mass is 9.86. The Kier molecular flexibility index (Phi) is 3.60. The van der Waals surface area contributed by atoms with Crippen LogP contribution < -0.4 is 0 Å². The fourth-order valence-corrected chi connectivity index (χ4v) is 3.58. The average molecular weight is 236 g/mol. The summed E-state index contributed by atoms with van der Waals surface area (Å²) in [5, 5.41) is 11.0. The van der Waals surface area contributed by atoms with Crippen LogP contribution in [0.2, 0.25) is 0 Å². The zero-order valence-corrected chi connectivity index (χ0v) is 10.9. The third-order valence-corrected chi connectivity index (χ3v) is 4.93. The van der Waals surface area contributed by atoms with Gasteiger partial charge in [-0.15, -0.1) is 0 Å². The zero-order valence-electron chi connectivity index (χ0n) is 10.1. The lowest BCUT2D eigenvalue weighted by molar-refractivity contribution is 0.0297. The highest BCUT2D eigenvalue weighted by Gasteiger charge is 2.36. The van der Waals surface area contributed by atoms with Crippen LogP contribution in [-0.2, 0) is 6.42 Å². The van der Waals surface area contributed by atoms with Crippen molar-refractivity contribution in [3.05, 3.63) is 35.4 Å². The Morgan fingerprint density at radius 2 is 2.31 bits per heavy atom. The van der Waals surface area contributed by atoms with Gasteiger partial charge in [-0.2, -0.15) is 11.8 Å². The first-order valence-electron chi connectivity index (χ1n) is 6.00. The molecule has 2 atom stereocenters.